The third-order valence-corrected chi connectivity index (χ3v) is 2.34. The quantitative estimate of drug-likeness (QED) is 0.364. The highest BCUT2D eigenvalue weighted by atomic mass is 16.7. The summed E-state index contributed by atoms with van der Waals surface area (Å²) in [5.74, 6) is -2.10. The molecule has 0 saturated carbocycles. The van der Waals surface area contributed by atoms with Gasteiger partial charge in [0, 0.05) is 0 Å². The lowest BCUT2D eigenvalue weighted by Gasteiger charge is -2.17. The number of rotatable bonds is 6. The van der Waals surface area contributed by atoms with Crippen LogP contribution >= 0.6 is 0 Å². The fourth-order valence-corrected chi connectivity index (χ4v) is 1.41. The number of phenols is 1. The van der Waals surface area contributed by atoms with E-state index in [-0.39, 0.29) is 11.3 Å². The predicted octanol–water partition coefficient (Wildman–Crippen LogP) is -0.226. The van der Waals surface area contributed by atoms with Crippen molar-refractivity contribution in [3.05, 3.63) is 50.1 Å². The average Bonchev–Trinajstić information content (AvgIpc) is 2.29. The van der Waals surface area contributed by atoms with Crippen molar-refractivity contribution in [1.29, 1.82) is 0 Å². The van der Waals surface area contributed by atoms with Gasteiger partial charge in [-0.15, -0.1) is 0 Å². The molecule has 10 heteroatoms. The Labute approximate surface area is 105 Å². The number of hydrazine groups is 1. The molecule has 0 heterocycles. The second-order valence-electron chi connectivity index (χ2n) is 3.63. The van der Waals surface area contributed by atoms with Gasteiger partial charge in [-0.1, -0.05) is 17.6 Å². The fraction of sp³-hybridized carbons (Fsp3) is 0.222. The van der Waals surface area contributed by atoms with Crippen LogP contribution < -0.4 is 5.43 Å². The number of phenolic OH excluding ortho intramolecular Hbond substituents is 1. The van der Waals surface area contributed by atoms with Crippen LogP contribution in [0.25, 0.3) is 0 Å². The van der Waals surface area contributed by atoms with Gasteiger partial charge >= 0.3 is 11.6 Å². The maximum Gasteiger partial charge on any atom is 0.440 e. The zero-order valence-electron chi connectivity index (χ0n) is 9.35. The smallest absolute Gasteiger partial charge is 0.440 e. The molecule has 10 nitrogen and oxygen atoms in total. The lowest BCUT2D eigenvalue weighted by molar-refractivity contribution is -0.660. The summed E-state index contributed by atoms with van der Waals surface area (Å²) >= 11 is 0. The van der Waals surface area contributed by atoms with Gasteiger partial charge in [-0.05, 0) is 17.7 Å². The maximum absolute atomic E-state index is 11.0. The molecule has 0 radical (unpaired) electrons. The number of carboxylic acids is 1. The predicted molar refractivity (Wildman–Crippen MR) is 59.3 cm³/mol. The Morgan fingerprint density at radius 2 is 1.79 bits per heavy atom. The van der Waals surface area contributed by atoms with Crippen molar-refractivity contribution in [2.45, 2.75) is 12.1 Å². The first-order valence-electron chi connectivity index (χ1n) is 4.86. The largest absolute Gasteiger partial charge is 0.508 e. The van der Waals surface area contributed by atoms with Crippen molar-refractivity contribution in [3.63, 3.8) is 0 Å². The van der Waals surface area contributed by atoms with Gasteiger partial charge < -0.3 is 10.2 Å². The Kier molecular flexibility index (Phi) is 3.85. The van der Waals surface area contributed by atoms with Gasteiger partial charge in [0.15, 0.2) is 5.03 Å². The molecule has 3 N–H and O–H groups in total. The van der Waals surface area contributed by atoms with Crippen LogP contribution in [0, 0.1) is 20.2 Å². The molecule has 0 aliphatic heterocycles. The molecule has 0 saturated heterocycles. The summed E-state index contributed by atoms with van der Waals surface area (Å²) in [4.78, 5) is 31.0. The molecule has 0 aliphatic carbocycles. The van der Waals surface area contributed by atoms with Gasteiger partial charge in [-0.2, -0.15) is 0 Å². The molecule has 0 aliphatic rings. The number of carboxylic acid groups (broad SMARTS) is 1. The van der Waals surface area contributed by atoms with Gasteiger partial charge in [0.05, 0.1) is 11.3 Å². The number of hydrogen-bond donors (Lipinski definition) is 3. The van der Waals surface area contributed by atoms with Crippen LogP contribution in [0.5, 0.6) is 5.75 Å². The monoisotopic (exact) mass is 271 g/mol. The SMILES string of the molecule is O=C(O)C(Cc1ccc(O)cc1)(N[N+](=O)[O-])[N+](=O)[O-]. The van der Waals surface area contributed by atoms with Crippen LogP contribution in [0.2, 0.25) is 0 Å². The molecule has 1 rings (SSSR count). The summed E-state index contributed by atoms with van der Waals surface area (Å²) in [6.45, 7) is 0. The van der Waals surface area contributed by atoms with Crippen molar-refractivity contribution in [1.82, 2.24) is 5.43 Å². The number of benzene rings is 1. The van der Waals surface area contributed by atoms with E-state index in [1.54, 1.807) is 0 Å². The van der Waals surface area contributed by atoms with Crippen molar-refractivity contribution in [2.24, 2.45) is 0 Å². The first kappa shape index (κ1) is 14.2. The van der Waals surface area contributed by atoms with Gasteiger partial charge in [0.2, 0.25) is 0 Å². The summed E-state index contributed by atoms with van der Waals surface area (Å²) < 4.78 is 0. The summed E-state index contributed by atoms with van der Waals surface area (Å²) in [5, 5.41) is 37.9. The Bertz CT molecular complexity index is 499. The average molecular weight is 271 g/mol. The minimum absolute atomic E-state index is 0.118. The van der Waals surface area contributed by atoms with Gasteiger partial charge in [0.1, 0.15) is 5.75 Å². The molecule has 19 heavy (non-hydrogen) atoms. The molecule has 0 fully saturated rings. The Morgan fingerprint density at radius 3 is 2.16 bits per heavy atom. The minimum atomic E-state index is -2.97. The molecule has 1 atom stereocenters. The summed E-state index contributed by atoms with van der Waals surface area (Å²) in [6.07, 6.45) is -0.753. The maximum atomic E-state index is 11.0. The van der Waals surface area contributed by atoms with Crippen LogP contribution in [-0.4, -0.2) is 31.8 Å². The minimum Gasteiger partial charge on any atom is -0.508 e. The van der Waals surface area contributed by atoms with Crippen LogP contribution in [0.15, 0.2) is 24.3 Å². The van der Waals surface area contributed by atoms with E-state index in [1.165, 1.54) is 29.7 Å². The lowest BCUT2D eigenvalue weighted by atomic mass is 10.0. The topological polar surface area (TPSA) is 156 Å². The first-order valence-corrected chi connectivity index (χ1v) is 4.86. The number of carbonyl (C=O) groups is 1. The fourth-order valence-electron chi connectivity index (χ4n) is 1.41. The molecule has 0 aromatic heterocycles. The second-order valence-corrected chi connectivity index (χ2v) is 3.63. The molecule has 0 amide bonds. The van der Waals surface area contributed by atoms with Crippen LogP contribution in [0.4, 0.5) is 0 Å². The number of nitro groups is 2. The van der Waals surface area contributed by atoms with Crippen molar-refractivity contribution in [2.75, 3.05) is 0 Å². The molecule has 102 valence electrons. The van der Waals surface area contributed by atoms with Crippen LogP contribution in [0.3, 0.4) is 0 Å². The van der Waals surface area contributed by atoms with Crippen molar-refractivity contribution in [3.8, 4) is 5.75 Å². The van der Waals surface area contributed by atoms with E-state index in [0.717, 1.165) is 0 Å². The zero-order chi connectivity index (χ0) is 14.6. The number of aliphatic carboxylic acids is 1. The standard InChI is InChI=1S/C9H9N3O7/c13-7-3-1-6(2-4-7)5-9(8(14)15,11(16)17)10-12(18)19/h1-4,10,13H,5H2,(H,14,15). The molecule has 0 bridgehead atoms. The highest BCUT2D eigenvalue weighted by Crippen LogP contribution is 2.18. The normalized spacial score (nSPS) is 13.3. The van der Waals surface area contributed by atoms with E-state index in [4.69, 9.17) is 10.2 Å². The summed E-state index contributed by atoms with van der Waals surface area (Å²) in [6, 6.07) is 4.85. The molecule has 1 unspecified atom stereocenters. The van der Waals surface area contributed by atoms with Crippen molar-refractivity contribution < 1.29 is 25.0 Å². The Morgan fingerprint density at radius 1 is 1.26 bits per heavy atom. The van der Waals surface area contributed by atoms with Crippen LogP contribution in [0.1, 0.15) is 5.56 Å². The van der Waals surface area contributed by atoms with E-state index in [0.29, 0.717) is 0 Å². The molecule has 1 aromatic carbocycles. The molecular formula is C9H9N3O7. The Balaban J connectivity index is 3.16. The van der Waals surface area contributed by atoms with Gasteiger partial charge in [0.25, 0.3) is 0 Å². The third kappa shape index (κ3) is 3.06. The molecule has 0 spiro atoms. The third-order valence-electron chi connectivity index (χ3n) is 2.34. The first-order chi connectivity index (χ1) is 8.78. The number of hydrogen-bond acceptors (Lipinski definition) is 6. The van der Waals surface area contributed by atoms with E-state index in [1.807, 2.05) is 0 Å². The second kappa shape index (κ2) is 5.16. The lowest BCUT2D eigenvalue weighted by Crippen LogP contribution is -2.61. The Hall–Kier alpha value is -2.91. The number of aromatic hydroxyl groups is 1. The molecule has 1 aromatic rings. The van der Waals surface area contributed by atoms with Gasteiger partial charge in [-0.3, -0.25) is 10.1 Å². The van der Waals surface area contributed by atoms with Gasteiger partial charge in [-0.25, -0.2) is 14.9 Å². The summed E-state index contributed by atoms with van der Waals surface area (Å²) in [7, 11) is 0. The van der Waals surface area contributed by atoms with E-state index in [2.05, 4.69) is 0 Å². The molecular weight excluding hydrogens is 262 g/mol. The van der Waals surface area contributed by atoms with Crippen molar-refractivity contribution >= 4 is 5.97 Å². The zero-order valence-corrected chi connectivity index (χ0v) is 9.35. The van der Waals surface area contributed by atoms with E-state index in [9.17, 15) is 25.0 Å². The highest BCUT2D eigenvalue weighted by molar-refractivity contribution is 5.76. The van der Waals surface area contributed by atoms with E-state index >= 15 is 0 Å². The number of nitrogens with zero attached hydrogens (tertiary/aromatic N) is 2. The highest BCUT2D eigenvalue weighted by Gasteiger charge is 2.56. The van der Waals surface area contributed by atoms with E-state index < -0.39 is 28.0 Å². The van der Waals surface area contributed by atoms with Crippen LogP contribution in [-0.2, 0) is 11.2 Å². The summed E-state index contributed by atoms with van der Waals surface area (Å²) in [5.41, 5.74) is -1.61. The number of nitrogens with one attached hydrogen (secondary N) is 1.